The number of unbranched alkanes of at least 4 members (excludes halogenated alkanes) is 8. The highest BCUT2D eigenvalue weighted by Gasteiger charge is 2.50. The van der Waals surface area contributed by atoms with E-state index in [2.05, 4.69) is 299 Å². The highest BCUT2D eigenvalue weighted by molar-refractivity contribution is 6.22. The second-order valence-electron chi connectivity index (χ2n) is 32.9. The minimum absolute atomic E-state index is 0.0339. The molecule has 0 saturated heterocycles. The van der Waals surface area contributed by atoms with E-state index in [0.717, 1.165) is 50.3 Å². The third kappa shape index (κ3) is 8.91. The Hall–Kier alpha value is -9.96. The molecule has 0 spiro atoms. The fraction of sp³-hybridized carbons (Fsp3) is 0.273. The van der Waals surface area contributed by atoms with Crippen molar-refractivity contribution in [3.63, 3.8) is 0 Å². The number of furan rings is 2. The molecule has 504 valence electrons. The van der Waals surface area contributed by atoms with E-state index in [-0.39, 0.29) is 27.1 Å². The summed E-state index contributed by atoms with van der Waals surface area (Å²) in [5.41, 5.74) is 38.1. The van der Waals surface area contributed by atoms with E-state index < -0.39 is 0 Å². The summed E-state index contributed by atoms with van der Waals surface area (Å²) < 4.78 is 14.3. The molecular weight excluding hydrogens is 1240 g/mol. The molecule has 0 fully saturated rings. The Kier molecular flexibility index (Phi) is 14.2. The maximum absolute atomic E-state index is 7.22. The first-order valence-corrected chi connectivity index (χ1v) is 38.3. The molecule has 3 heteroatoms. The number of hydrogen-bond donors (Lipinski definition) is 0. The minimum Gasteiger partial charge on any atom is -0.455 e. The maximum Gasteiger partial charge on any atom is 0.144 e. The Balaban J connectivity index is 0.694. The molecule has 0 N–H and O–H groups in total. The van der Waals surface area contributed by atoms with E-state index in [4.69, 9.17) is 8.83 Å². The predicted molar refractivity (Wildman–Crippen MR) is 430 cm³/mol. The van der Waals surface area contributed by atoms with Crippen molar-refractivity contribution in [1.82, 2.24) is 0 Å². The number of anilines is 3. The number of nitrogens with zero attached hydrogens (tertiary/aromatic N) is 1. The van der Waals surface area contributed by atoms with Gasteiger partial charge in [0.1, 0.15) is 22.3 Å². The van der Waals surface area contributed by atoms with Crippen molar-refractivity contribution >= 4 is 60.9 Å². The predicted octanol–water partition coefficient (Wildman–Crippen LogP) is 28.5. The van der Waals surface area contributed by atoms with Gasteiger partial charge in [0.25, 0.3) is 0 Å². The first kappa shape index (κ1) is 63.0. The first-order chi connectivity index (χ1) is 49.5. The van der Waals surface area contributed by atoms with E-state index >= 15 is 0 Å². The van der Waals surface area contributed by atoms with Crippen LogP contribution in [0, 0.1) is 0 Å². The highest BCUT2D eigenvalue weighted by atomic mass is 16.3. The lowest BCUT2D eigenvalue weighted by Crippen LogP contribution is -2.25. The average molecular weight is 1330 g/mol. The second kappa shape index (κ2) is 23.0. The van der Waals surface area contributed by atoms with Gasteiger partial charge in [-0.1, -0.05) is 285 Å². The summed E-state index contributed by atoms with van der Waals surface area (Å²) in [7, 11) is 0. The molecule has 5 aliphatic carbocycles. The zero-order valence-corrected chi connectivity index (χ0v) is 61.1. The lowest BCUT2D eigenvalue weighted by atomic mass is 9.70. The molecule has 0 atom stereocenters. The Morgan fingerprint density at radius 2 is 0.716 bits per heavy atom. The molecule has 0 amide bonds. The molecule has 3 nitrogen and oxygen atoms in total. The monoisotopic (exact) mass is 1330 g/mol. The van der Waals surface area contributed by atoms with Gasteiger partial charge in [-0.05, 0) is 208 Å². The summed E-state index contributed by atoms with van der Waals surface area (Å²) in [6, 6.07) is 86.2. The average Bonchev–Trinajstić information content (AvgIpc) is 1.51. The third-order valence-electron chi connectivity index (χ3n) is 25.7. The summed E-state index contributed by atoms with van der Waals surface area (Å²) in [6.45, 7) is 24.2. The molecular formula is C99H91NO2. The minimum atomic E-state index is -0.374. The van der Waals surface area contributed by atoms with Crippen LogP contribution in [0.3, 0.4) is 0 Å². The molecule has 0 saturated carbocycles. The molecule has 0 radical (unpaired) electrons. The number of fused-ring (bicyclic) bond motifs is 25. The number of benzene rings is 12. The maximum atomic E-state index is 7.22. The van der Waals surface area contributed by atoms with Crippen molar-refractivity contribution in [1.29, 1.82) is 0 Å². The molecule has 0 unspecified atom stereocenters. The van der Waals surface area contributed by atoms with Crippen LogP contribution in [0.5, 0.6) is 0 Å². The molecule has 5 aliphatic rings. The molecule has 19 rings (SSSR count). The molecule has 2 aromatic heterocycles. The van der Waals surface area contributed by atoms with Gasteiger partial charge in [0.05, 0.1) is 0 Å². The van der Waals surface area contributed by atoms with Crippen LogP contribution in [-0.2, 0) is 27.1 Å². The van der Waals surface area contributed by atoms with Crippen molar-refractivity contribution in [2.75, 3.05) is 4.90 Å². The van der Waals surface area contributed by atoms with Crippen molar-refractivity contribution in [3.8, 4) is 77.9 Å². The Morgan fingerprint density at radius 1 is 0.284 bits per heavy atom. The third-order valence-corrected chi connectivity index (χ3v) is 25.7. The van der Waals surface area contributed by atoms with Crippen LogP contribution in [0.2, 0.25) is 0 Å². The fourth-order valence-corrected chi connectivity index (χ4v) is 20.6. The fourth-order valence-electron chi connectivity index (χ4n) is 20.6. The smallest absolute Gasteiger partial charge is 0.144 e. The molecule has 12 aromatic carbocycles. The van der Waals surface area contributed by atoms with Crippen molar-refractivity contribution in [2.45, 2.75) is 173 Å². The molecule has 0 bridgehead atoms. The lowest BCUT2D eigenvalue weighted by Gasteiger charge is -2.33. The van der Waals surface area contributed by atoms with Crippen LogP contribution in [0.25, 0.3) is 122 Å². The van der Waals surface area contributed by atoms with Gasteiger partial charge in [-0.25, -0.2) is 0 Å². The van der Waals surface area contributed by atoms with Crippen LogP contribution in [-0.4, -0.2) is 0 Å². The van der Waals surface area contributed by atoms with Crippen molar-refractivity contribution in [3.05, 3.63) is 280 Å². The normalized spacial score (nSPS) is 15.8. The highest BCUT2D eigenvalue weighted by Crippen LogP contribution is 2.65. The van der Waals surface area contributed by atoms with Gasteiger partial charge in [0.2, 0.25) is 0 Å². The number of rotatable bonds is 17. The van der Waals surface area contributed by atoms with E-state index in [1.54, 1.807) is 11.1 Å². The zero-order valence-electron chi connectivity index (χ0n) is 61.1. The Morgan fingerprint density at radius 3 is 1.35 bits per heavy atom. The van der Waals surface area contributed by atoms with Crippen molar-refractivity contribution in [2.24, 2.45) is 0 Å². The standard InChI is InChI=1S/C99H91NO2/c1-11-13-15-17-30-52-99(53-31-18-16-14-12-2)77-39-27-22-34-66(77)69-48-43-61(55-82(69)99)60-42-47-67-68-49-44-62(56-79(68)95(3,4)78(67)54-60)75-59-83-86(88-73-36-24-28-40-84(73)101-93(75)88)71-50-45-64(57-80(71)96(83,5)6)100(63-32-20-19-21-33-63)65-46-51-72-81(58-65)98(9,10)92-90(72)94-89(74-37-25-29-41-85(74)102-94)87-70-35-23-26-38-76(70)97(7,8)91(87)92/h19-29,32-51,54-59H,11-18,30-31,52-53H2,1-10H3. The van der Waals surface area contributed by atoms with E-state index in [1.165, 1.54) is 210 Å². The SMILES string of the molecule is CCCCCCCC1(CCCCCCC)c2ccccc2-c2ccc(-c3ccc4c(c3)C(C)(C)c3cc(-c5cc6c(c7c5oc5ccccc57)-c5ccc(N(c7ccccc7)c7ccc8c(c7)C(C)(C)c7c9c(c%10c(oc%11ccccc%11%10)c7-8)-c7ccccc7C9(C)C)cc5C6(C)C)ccc3-4)cc21. The summed E-state index contributed by atoms with van der Waals surface area (Å²) in [4.78, 5) is 2.49. The molecule has 2 heterocycles. The van der Waals surface area contributed by atoms with Gasteiger partial charge in [-0.3, -0.25) is 0 Å². The van der Waals surface area contributed by atoms with E-state index in [0.29, 0.717) is 0 Å². The Labute approximate surface area is 602 Å². The van der Waals surface area contributed by atoms with Crippen LogP contribution in [0.15, 0.2) is 233 Å². The van der Waals surface area contributed by atoms with Crippen LogP contribution >= 0.6 is 0 Å². The van der Waals surface area contributed by atoms with Gasteiger partial charge in [-0.15, -0.1) is 0 Å². The lowest BCUT2D eigenvalue weighted by molar-refractivity contribution is 0.399. The van der Waals surface area contributed by atoms with Crippen LogP contribution < -0.4 is 4.90 Å². The summed E-state index contributed by atoms with van der Waals surface area (Å²) in [6.07, 6.45) is 15.4. The second-order valence-corrected chi connectivity index (χ2v) is 32.9. The molecule has 0 aliphatic heterocycles. The topological polar surface area (TPSA) is 29.5 Å². The first-order valence-electron chi connectivity index (χ1n) is 38.3. The van der Waals surface area contributed by atoms with Gasteiger partial charge in [0.15, 0.2) is 0 Å². The number of hydrogen-bond acceptors (Lipinski definition) is 3. The summed E-state index contributed by atoms with van der Waals surface area (Å²) >= 11 is 0. The van der Waals surface area contributed by atoms with Crippen LogP contribution in [0.1, 0.15) is 202 Å². The van der Waals surface area contributed by atoms with Gasteiger partial charge < -0.3 is 13.7 Å². The summed E-state index contributed by atoms with van der Waals surface area (Å²) in [5.74, 6) is 0. The van der Waals surface area contributed by atoms with Gasteiger partial charge >= 0.3 is 0 Å². The van der Waals surface area contributed by atoms with Crippen LogP contribution in [0.4, 0.5) is 17.1 Å². The quantitative estimate of drug-likeness (QED) is 0.0851. The van der Waals surface area contributed by atoms with Gasteiger partial charge in [-0.2, -0.15) is 0 Å². The zero-order chi connectivity index (χ0) is 69.3. The van der Waals surface area contributed by atoms with E-state index in [1.807, 2.05) is 0 Å². The molecule has 102 heavy (non-hydrogen) atoms. The largest absolute Gasteiger partial charge is 0.455 e. The summed E-state index contributed by atoms with van der Waals surface area (Å²) in [5, 5.41) is 4.75. The van der Waals surface area contributed by atoms with Crippen molar-refractivity contribution < 1.29 is 8.83 Å². The Bertz CT molecular complexity index is 5800. The molecule has 14 aromatic rings. The van der Waals surface area contributed by atoms with E-state index in [9.17, 15) is 0 Å². The number of para-hydroxylation sites is 3. The van der Waals surface area contributed by atoms with Gasteiger partial charge in [0, 0.05) is 76.8 Å².